The van der Waals surface area contributed by atoms with Crippen LogP contribution >= 0.6 is 27.7 Å². The average molecular weight is 326 g/mol. The van der Waals surface area contributed by atoms with Gasteiger partial charge in [-0.3, -0.25) is 0 Å². The van der Waals surface area contributed by atoms with Crippen LogP contribution in [-0.2, 0) is 6.54 Å². The van der Waals surface area contributed by atoms with Crippen molar-refractivity contribution in [1.82, 2.24) is 0 Å². The fourth-order valence-electron chi connectivity index (χ4n) is 1.59. The first-order valence-corrected chi connectivity index (χ1v) is 7.52. The number of hydrogen-bond acceptors (Lipinski definition) is 2. The Morgan fingerprint density at radius 1 is 1.22 bits per heavy atom. The van der Waals surface area contributed by atoms with Gasteiger partial charge in [-0.2, -0.15) is 0 Å². The van der Waals surface area contributed by atoms with Gasteiger partial charge in [0.05, 0.1) is 4.47 Å². The molecule has 2 aromatic rings. The maximum atomic E-state index is 13.1. The molecule has 0 heterocycles. The summed E-state index contributed by atoms with van der Waals surface area (Å²) in [6, 6.07) is 13.3. The molecule has 0 unspecified atom stereocenters. The Morgan fingerprint density at radius 3 is 2.78 bits per heavy atom. The van der Waals surface area contributed by atoms with Crippen LogP contribution < -0.4 is 5.32 Å². The lowest BCUT2D eigenvalue weighted by Gasteiger charge is -2.08. The summed E-state index contributed by atoms with van der Waals surface area (Å²) < 4.78 is 13.6. The molecular formula is C14H13BrFNS. The van der Waals surface area contributed by atoms with Crippen LogP contribution in [0.25, 0.3) is 0 Å². The molecule has 0 bridgehead atoms. The summed E-state index contributed by atoms with van der Waals surface area (Å²) in [7, 11) is 0. The zero-order valence-corrected chi connectivity index (χ0v) is 12.3. The number of rotatable bonds is 4. The topological polar surface area (TPSA) is 12.0 Å². The highest BCUT2D eigenvalue weighted by atomic mass is 79.9. The quantitative estimate of drug-likeness (QED) is 0.800. The van der Waals surface area contributed by atoms with Crippen molar-refractivity contribution in [1.29, 1.82) is 0 Å². The largest absolute Gasteiger partial charge is 0.381 e. The third-order valence-corrected chi connectivity index (χ3v) is 3.88. The van der Waals surface area contributed by atoms with E-state index in [0.29, 0.717) is 11.0 Å². The number of anilines is 1. The first kappa shape index (κ1) is 13.4. The lowest BCUT2D eigenvalue weighted by atomic mass is 10.2. The zero-order valence-electron chi connectivity index (χ0n) is 9.91. The molecule has 0 fully saturated rings. The van der Waals surface area contributed by atoms with E-state index in [1.54, 1.807) is 23.9 Å². The van der Waals surface area contributed by atoms with Gasteiger partial charge in [0.25, 0.3) is 0 Å². The maximum Gasteiger partial charge on any atom is 0.137 e. The standard InChI is InChI=1S/C14H13BrFNS/c1-18-12-4-2-3-11(8-12)17-9-10-5-6-14(16)13(15)7-10/h2-8,17H,9H2,1H3. The molecule has 0 amide bonds. The van der Waals surface area contributed by atoms with E-state index in [9.17, 15) is 4.39 Å². The minimum absolute atomic E-state index is 0.233. The normalized spacial score (nSPS) is 10.4. The molecule has 1 N–H and O–H groups in total. The summed E-state index contributed by atoms with van der Waals surface area (Å²) in [6.45, 7) is 0.677. The third-order valence-electron chi connectivity index (χ3n) is 2.55. The molecule has 0 saturated heterocycles. The van der Waals surface area contributed by atoms with Crippen LogP contribution in [0.1, 0.15) is 5.56 Å². The van der Waals surface area contributed by atoms with Crippen molar-refractivity contribution in [2.45, 2.75) is 11.4 Å². The summed E-state index contributed by atoms with van der Waals surface area (Å²) in [4.78, 5) is 1.22. The van der Waals surface area contributed by atoms with Gasteiger partial charge in [-0.15, -0.1) is 11.8 Å². The van der Waals surface area contributed by atoms with Gasteiger partial charge >= 0.3 is 0 Å². The number of halogens is 2. The van der Waals surface area contributed by atoms with Crippen LogP contribution in [-0.4, -0.2) is 6.26 Å². The Kier molecular flexibility index (Phi) is 4.66. The summed E-state index contributed by atoms with van der Waals surface area (Å²) in [6.07, 6.45) is 2.05. The Hall–Kier alpha value is -1.00. The second-order valence-electron chi connectivity index (χ2n) is 3.83. The van der Waals surface area contributed by atoms with Crippen molar-refractivity contribution >= 4 is 33.4 Å². The second kappa shape index (κ2) is 6.25. The SMILES string of the molecule is CSc1cccc(NCc2ccc(F)c(Br)c2)c1. The highest BCUT2D eigenvalue weighted by molar-refractivity contribution is 9.10. The fraction of sp³-hybridized carbons (Fsp3) is 0.143. The first-order chi connectivity index (χ1) is 8.69. The molecule has 0 aliphatic heterocycles. The Bertz CT molecular complexity index is 545. The number of thioether (sulfide) groups is 1. The highest BCUT2D eigenvalue weighted by Gasteiger charge is 2.01. The van der Waals surface area contributed by atoms with E-state index in [4.69, 9.17) is 0 Å². The molecule has 0 aliphatic carbocycles. The molecule has 4 heteroatoms. The smallest absolute Gasteiger partial charge is 0.137 e. The highest BCUT2D eigenvalue weighted by Crippen LogP contribution is 2.21. The summed E-state index contributed by atoms with van der Waals surface area (Å²) in [5, 5.41) is 3.33. The maximum absolute atomic E-state index is 13.1. The molecule has 2 aromatic carbocycles. The van der Waals surface area contributed by atoms with Gasteiger partial charge in [-0.05, 0) is 58.1 Å². The van der Waals surface area contributed by atoms with Crippen molar-refractivity contribution in [2.75, 3.05) is 11.6 Å². The minimum atomic E-state index is -0.233. The number of nitrogens with one attached hydrogen (secondary N) is 1. The molecule has 18 heavy (non-hydrogen) atoms. The fourth-order valence-corrected chi connectivity index (χ4v) is 2.47. The van der Waals surface area contributed by atoms with Crippen LogP contribution in [0.4, 0.5) is 10.1 Å². The lowest BCUT2D eigenvalue weighted by Crippen LogP contribution is -1.99. The van der Waals surface area contributed by atoms with Gasteiger partial charge in [-0.1, -0.05) is 12.1 Å². The van der Waals surface area contributed by atoms with Crippen LogP contribution in [0, 0.1) is 5.82 Å². The third kappa shape index (κ3) is 3.50. The van der Waals surface area contributed by atoms with E-state index in [-0.39, 0.29) is 5.82 Å². The second-order valence-corrected chi connectivity index (χ2v) is 5.57. The van der Waals surface area contributed by atoms with Gasteiger partial charge in [-0.25, -0.2) is 4.39 Å². The van der Waals surface area contributed by atoms with Crippen LogP contribution in [0.5, 0.6) is 0 Å². The first-order valence-electron chi connectivity index (χ1n) is 5.51. The lowest BCUT2D eigenvalue weighted by molar-refractivity contribution is 0.620. The van der Waals surface area contributed by atoms with Crippen LogP contribution in [0.3, 0.4) is 0 Å². The molecule has 0 spiro atoms. The average Bonchev–Trinajstić information content (AvgIpc) is 2.40. The van der Waals surface area contributed by atoms with Crippen molar-refractivity contribution < 1.29 is 4.39 Å². The van der Waals surface area contributed by atoms with Crippen molar-refractivity contribution in [3.05, 3.63) is 58.3 Å². The molecule has 0 radical (unpaired) electrons. The predicted molar refractivity (Wildman–Crippen MR) is 79.6 cm³/mol. The molecule has 0 aromatic heterocycles. The molecule has 0 saturated carbocycles. The summed E-state index contributed by atoms with van der Waals surface area (Å²) >= 11 is 4.90. The van der Waals surface area contributed by atoms with Crippen molar-refractivity contribution in [2.24, 2.45) is 0 Å². The predicted octanol–water partition coefficient (Wildman–Crippen LogP) is 4.92. The van der Waals surface area contributed by atoms with E-state index in [2.05, 4.69) is 39.6 Å². The van der Waals surface area contributed by atoms with E-state index in [0.717, 1.165) is 11.3 Å². The monoisotopic (exact) mass is 325 g/mol. The molecular weight excluding hydrogens is 313 g/mol. The summed E-state index contributed by atoms with van der Waals surface area (Å²) in [5.41, 5.74) is 2.11. The van der Waals surface area contributed by atoms with E-state index >= 15 is 0 Å². The van der Waals surface area contributed by atoms with Gasteiger partial charge in [0, 0.05) is 17.1 Å². The molecule has 2 rings (SSSR count). The van der Waals surface area contributed by atoms with Gasteiger partial charge < -0.3 is 5.32 Å². The van der Waals surface area contributed by atoms with Crippen LogP contribution in [0.15, 0.2) is 51.8 Å². The van der Waals surface area contributed by atoms with E-state index in [1.807, 2.05) is 12.1 Å². The minimum Gasteiger partial charge on any atom is -0.381 e. The van der Waals surface area contributed by atoms with Crippen LogP contribution in [0.2, 0.25) is 0 Å². The van der Waals surface area contributed by atoms with Crippen molar-refractivity contribution in [3.63, 3.8) is 0 Å². The zero-order chi connectivity index (χ0) is 13.0. The molecule has 1 nitrogen and oxygen atoms in total. The number of benzene rings is 2. The molecule has 0 atom stereocenters. The van der Waals surface area contributed by atoms with E-state index in [1.165, 1.54) is 11.0 Å². The van der Waals surface area contributed by atoms with Gasteiger partial charge in [0.1, 0.15) is 5.82 Å². The van der Waals surface area contributed by atoms with Gasteiger partial charge in [0.15, 0.2) is 0 Å². The summed E-state index contributed by atoms with van der Waals surface area (Å²) in [5.74, 6) is -0.233. The van der Waals surface area contributed by atoms with Gasteiger partial charge in [0.2, 0.25) is 0 Å². The molecule has 0 aliphatic rings. The Balaban J connectivity index is 2.04. The van der Waals surface area contributed by atoms with E-state index < -0.39 is 0 Å². The van der Waals surface area contributed by atoms with Crippen molar-refractivity contribution in [3.8, 4) is 0 Å². The molecule has 94 valence electrons. The number of hydrogen-bond donors (Lipinski definition) is 1. The Morgan fingerprint density at radius 2 is 2.06 bits per heavy atom. The Labute approximate surface area is 119 Å².